The van der Waals surface area contributed by atoms with Crippen LogP contribution < -0.4 is 5.32 Å². The zero-order chi connectivity index (χ0) is 20.5. The molecule has 1 aliphatic heterocycles. The molecule has 146 valence electrons. The van der Waals surface area contributed by atoms with Crippen molar-refractivity contribution < 1.29 is 18.8 Å². The van der Waals surface area contributed by atoms with Crippen molar-refractivity contribution in [3.8, 4) is 5.82 Å². The molecule has 1 fully saturated rings. The predicted molar refractivity (Wildman–Crippen MR) is 104 cm³/mol. The molecule has 3 aromatic heterocycles. The van der Waals surface area contributed by atoms with Crippen LogP contribution in [0.15, 0.2) is 58.8 Å². The second kappa shape index (κ2) is 7.23. The summed E-state index contributed by atoms with van der Waals surface area (Å²) in [5.41, 5.74) is 2.31. The number of hydrogen-bond acceptors (Lipinski definition) is 5. The van der Waals surface area contributed by atoms with Gasteiger partial charge < -0.3 is 8.98 Å². The number of urea groups is 1. The van der Waals surface area contributed by atoms with E-state index < -0.39 is 17.8 Å². The Balaban J connectivity index is 1.71. The number of aryl methyl sites for hydroxylation is 1. The van der Waals surface area contributed by atoms with Gasteiger partial charge in [0.2, 0.25) is 0 Å². The van der Waals surface area contributed by atoms with Crippen molar-refractivity contribution in [2.45, 2.75) is 20.4 Å². The summed E-state index contributed by atoms with van der Waals surface area (Å²) in [5.74, 6) is -0.215. The van der Waals surface area contributed by atoms with E-state index >= 15 is 0 Å². The molecule has 4 heterocycles. The minimum absolute atomic E-state index is 0.0603. The Labute approximate surface area is 166 Å². The van der Waals surface area contributed by atoms with Crippen LogP contribution in [0.25, 0.3) is 11.9 Å². The Morgan fingerprint density at radius 1 is 1.14 bits per heavy atom. The van der Waals surface area contributed by atoms with Crippen LogP contribution in [0.4, 0.5) is 4.79 Å². The van der Waals surface area contributed by atoms with Crippen LogP contribution in [0.1, 0.15) is 22.7 Å². The van der Waals surface area contributed by atoms with Gasteiger partial charge in [0.25, 0.3) is 11.8 Å². The summed E-state index contributed by atoms with van der Waals surface area (Å²) in [7, 11) is 0. The molecule has 1 saturated heterocycles. The average Bonchev–Trinajstić information content (AvgIpc) is 3.30. The zero-order valence-corrected chi connectivity index (χ0v) is 15.9. The number of hydrogen-bond donors (Lipinski definition) is 1. The lowest BCUT2D eigenvalue weighted by atomic mass is 10.1. The Hall–Kier alpha value is -3.94. The molecule has 8 heteroatoms. The number of carbonyl (C=O) groups is 3. The lowest BCUT2D eigenvalue weighted by Gasteiger charge is -2.25. The minimum Gasteiger partial charge on any atom is -0.467 e. The number of aromatic nitrogens is 2. The van der Waals surface area contributed by atoms with E-state index in [2.05, 4.69) is 10.3 Å². The van der Waals surface area contributed by atoms with Crippen LogP contribution in [0, 0.1) is 13.8 Å². The van der Waals surface area contributed by atoms with E-state index in [9.17, 15) is 14.4 Å². The normalized spacial score (nSPS) is 15.9. The van der Waals surface area contributed by atoms with Gasteiger partial charge in [-0.05, 0) is 55.8 Å². The van der Waals surface area contributed by atoms with Gasteiger partial charge in [-0.2, -0.15) is 0 Å². The SMILES string of the molecule is Cc1cc(C=C2C(=O)NC(=O)N(Cc3ccco3)C2=O)c(C)n1-c1ccccn1. The maximum absolute atomic E-state index is 12.9. The van der Waals surface area contributed by atoms with Crippen LogP contribution in [-0.2, 0) is 16.1 Å². The summed E-state index contributed by atoms with van der Waals surface area (Å²) in [6.45, 7) is 3.74. The van der Waals surface area contributed by atoms with Gasteiger partial charge in [0.15, 0.2) is 0 Å². The van der Waals surface area contributed by atoms with E-state index in [0.717, 1.165) is 22.1 Å². The molecule has 3 aromatic rings. The summed E-state index contributed by atoms with van der Waals surface area (Å²) < 4.78 is 7.15. The number of nitrogens with one attached hydrogen (secondary N) is 1. The lowest BCUT2D eigenvalue weighted by Crippen LogP contribution is -2.53. The van der Waals surface area contributed by atoms with Gasteiger partial charge in [-0.1, -0.05) is 6.07 Å². The molecule has 1 aliphatic rings. The van der Waals surface area contributed by atoms with E-state index in [1.54, 1.807) is 18.3 Å². The Morgan fingerprint density at radius 2 is 1.97 bits per heavy atom. The standard InChI is InChI=1S/C21H18N4O4/c1-13-10-15(14(2)25(13)18-7-3-4-8-22-18)11-17-19(26)23-21(28)24(20(17)27)12-16-6-5-9-29-16/h3-11H,12H2,1-2H3,(H,23,26,28). The second-order valence-electron chi connectivity index (χ2n) is 6.64. The Morgan fingerprint density at radius 3 is 2.66 bits per heavy atom. The maximum Gasteiger partial charge on any atom is 0.331 e. The second-order valence-corrected chi connectivity index (χ2v) is 6.64. The quantitative estimate of drug-likeness (QED) is 0.546. The number of furan rings is 1. The molecule has 0 spiro atoms. The smallest absolute Gasteiger partial charge is 0.331 e. The first-order valence-electron chi connectivity index (χ1n) is 8.97. The number of pyridine rings is 1. The third-order valence-corrected chi connectivity index (χ3v) is 4.73. The van der Waals surface area contributed by atoms with E-state index in [-0.39, 0.29) is 12.1 Å². The van der Waals surface area contributed by atoms with Crippen molar-refractivity contribution in [3.05, 3.63) is 77.1 Å². The fourth-order valence-corrected chi connectivity index (χ4v) is 3.32. The number of rotatable bonds is 4. The summed E-state index contributed by atoms with van der Waals surface area (Å²) >= 11 is 0. The number of nitrogens with zero attached hydrogens (tertiary/aromatic N) is 3. The number of amides is 4. The molecular weight excluding hydrogens is 372 g/mol. The molecule has 0 saturated carbocycles. The van der Waals surface area contributed by atoms with Crippen molar-refractivity contribution in [2.75, 3.05) is 0 Å². The van der Waals surface area contributed by atoms with Gasteiger partial charge in [0.05, 0.1) is 12.8 Å². The molecule has 29 heavy (non-hydrogen) atoms. The number of carbonyl (C=O) groups excluding carboxylic acids is 3. The summed E-state index contributed by atoms with van der Waals surface area (Å²) in [4.78, 5) is 42.7. The van der Waals surface area contributed by atoms with Gasteiger partial charge >= 0.3 is 6.03 Å². The van der Waals surface area contributed by atoms with Gasteiger partial charge in [0, 0.05) is 17.6 Å². The Kier molecular flexibility index (Phi) is 4.59. The first-order valence-corrected chi connectivity index (χ1v) is 8.97. The maximum atomic E-state index is 12.9. The Bertz CT molecular complexity index is 1130. The van der Waals surface area contributed by atoms with E-state index in [0.29, 0.717) is 11.3 Å². The molecule has 0 radical (unpaired) electrons. The topological polar surface area (TPSA) is 97.4 Å². The van der Waals surface area contributed by atoms with Gasteiger partial charge in [-0.15, -0.1) is 0 Å². The molecule has 4 rings (SSSR count). The van der Waals surface area contributed by atoms with E-state index in [4.69, 9.17) is 4.42 Å². The monoisotopic (exact) mass is 390 g/mol. The van der Waals surface area contributed by atoms with Crippen LogP contribution in [0.3, 0.4) is 0 Å². The van der Waals surface area contributed by atoms with E-state index in [1.807, 2.05) is 42.7 Å². The minimum atomic E-state index is -0.771. The molecule has 4 amide bonds. The third kappa shape index (κ3) is 3.36. The highest BCUT2D eigenvalue weighted by Gasteiger charge is 2.36. The van der Waals surface area contributed by atoms with Crippen molar-refractivity contribution >= 4 is 23.9 Å². The van der Waals surface area contributed by atoms with E-state index in [1.165, 1.54) is 12.3 Å². The predicted octanol–water partition coefficient (Wildman–Crippen LogP) is 2.74. The van der Waals surface area contributed by atoms with Crippen molar-refractivity contribution in [2.24, 2.45) is 0 Å². The average molecular weight is 390 g/mol. The van der Waals surface area contributed by atoms with Crippen LogP contribution in [0.5, 0.6) is 0 Å². The fourth-order valence-electron chi connectivity index (χ4n) is 3.32. The van der Waals surface area contributed by atoms with Crippen LogP contribution >= 0.6 is 0 Å². The lowest BCUT2D eigenvalue weighted by molar-refractivity contribution is -0.130. The van der Waals surface area contributed by atoms with Crippen LogP contribution in [-0.4, -0.2) is 32.3 Å². The summed E-state index contributed by atoms with van der Waals surface area (Å²) in [6.07, 6.45) is 4.65. The molecule has 0 aromatic carbocycles. The first-order chi connectivity index (χ1) is 14.0. The fraction of sp³-hybridized carbons (Fsp3) is 0.143. The van der Waals surface area contributed by atoms with Crippen molar-refractivity contribution in [1.29, 1.82) is 0 Å². The summed E-state index contributed by atoms with van der Waals surface area (Å²) in [5, 5.41) is 2.21. The highest BCUT2D eigenvalue weighted by atomic mass is 16.3. The van der Waals surface area contributed by atoms with Gasteiger partial charge in [-0.25, -0.2) is 9.78 Å². The highest BCUT2D eigenvalue weighted by molar-refractivity contribution is 6.31. The number of imide groups is 2. The zero-order valence-electron chi connectivity index (χ0n) is 15.9. The van der Waals surface area contributed by atoms with Crippen LogP contribution in [0.2, 0.25) is 0 Å². The largest absolute Gasteiger partial charge is 0.467 e. The first kappa shape index (κ1) is 18.4. The molecule has 0 atom stereocenters. The molecule has 0 aliphatic carbocycles. The van der Waals surface area contributed by atoms with Gasteiger partial charge in [0.1, 0.15) is 17.2 Å². The summed E-state index contributed by atoms with van der Waals surface area (Å²) in [6, 6.07) is 10.00. The third-order valence-electron chi connectivity index (χ3n) is 4.73. The molecular formula is C21H18N4O4. The van der Waals surface area contributed by atoms with Gasteiger partial charge in [-0.3, -0.25) is 19.8 Å². The van der Waals surface area contributed by atoms with Crippen molar-refractivity contribution in [1.82, 2.24) is 19.8 Å². The molecule has 0 bridgehead atoms. The highest BCUT2D eigenvalue weighted by Crippen LogP contribution is 2.23. The molecule has 0 unspecified atom stereocenters. The number of barbiturate groups is 1. The molecule has 1 N–H and O–H groups in total. The van der Waals surface area contributed by atoms with Crippen molar-refractivity contribution in [3.63, 3.8) is 0 Å². The molecule has 8 nitrogen and oxygen atoms in total.